The molecule has 3 heterocycles. The maximum atomic E-state index is 12.9. The van der Waals surface area contributed by atoms with Gasteiger partial charge < -0.3 is 9.42 Å². The summed E-state index contributed by atoms with van der Waals surface area (Å²) in [5.74, 6) is 0.514. The number of likely N-dealkylation sites (tertiary alicyclic amines) is 1. The Hall–Kier alpha value is -1.82. The largest absolute Gasteiger partial charge is 0.361 e. The van der Waals surface area contributed by atoms with Crippen LogP contribution in [0.1, 0.15) is 52.0 Å². The first-order valence-corrected chi connectivity index (χ1v) is 7.72. The summed E-state index contributed by atoms with van der Waals surface area (Å²) in [7, 11) is 1.81. The predicted molar refractivity (Wildman–Crippen MR) is 81.9 cm³/mol. The van der Waals surface area contributed by atoms with Gasteiger partial charge in [-0.05, 0) is 33.6 Å². The van der Waals surface area contributed by atoms with E-state index >= 15 is 0 Å². The van der Waals surface area contributed by atoms with Gasteiger partial charge in [-0.1, -0.05) is 16.8 Å². The van der Waals surface area contributed by atoms with Crippen LogP contribution >= 0.6 is 11.6 Å². The Balaban J connectivity index is 1.99. The third-order valence-electron chi connectivity index (χ3n) is 4.29. The van der Waals surface area contributed by atoms with E-state index in [9.17, 15) is 4.79 Å². The van der Waals surface area contributed by atoms with Crippen LogP contribution in [0.2, 0.25) is 5.15 Å². The van der Waals surface area contributed by atoms with Crippen LogP contribution in [0.3, 0.4) is 0 Å². The number of halogens is 1. The van der Waals surface area contributed by atoms with Crippen LogP contribution in [0.15, 0.2) is 4.52 Å². The fourth-order valence-corrected chi connectivity index (χ4v) is 3.57. The minimum absolute atomic E-state index is 0.0394. The van der Waals surface area contributed by atoms with Crippen LogP contribution in [0.5, 0.6) is 0 Å². The number of aromatic nitrogens is 3. The molecule has 1 amide bonds. The molecule has 0 aliphatic carbocycles. The van der Waals surface area contributed by atoms with Crippen molar-refractivity contribution in [2.45, 2.75) is 39.7 Å². The Labute approximate surface area is 134 Å². The lowest BCUT2D eigenvalue weighted by Gasteiger charge is -2.25. The van der Waals surface area contributed by atoms with E-state index in [1.165, 1.54) is 0 Å². The SMILES string of the molecule is Cc1noc(C)c1C(=O)N1CCC[C@@H]1c1c(C)nn(C)c1Cl. The highest BCUT2D eigenvalue weighted by Gasteiger charge is 2.36. The van der Waals surface area contributed by atoms with Gasteiger partial charge in [0.25, 0.3) is 5.91 Å². The molecule has 1 aliphatic rings. The minimum Gasteiger partial charge on any atom is -0.361 e. The van der Waals surface area contributed by atoms with Crippen LogP contribution in [0, 0.1) is 20.8 Å². The molecule has 1 saturated heterocycles. The quantitative estimate of drug-likeness (QED) is 0.852. The van der Waals surface area contributed by atoms with Gasteiger partial charge in [0.05, 0.1) is 17.4 Å². The predicted octanol–water partition coefficient (Wildman–Crippen LogP) is 2.96. The van der Waals surface area contributed by atoms with Gasteiger partial charge in [-0.2, -0.15) is 5.10 Å². The number of hydrogen-bond acceptors (Lipinski definition) is 4. The van der Waals surface area contributed by atoms with Gasteiger partial charge in [-0.25, -0.2) is 0 Å². The maximum Gasteiger partial charge on any atom is 0.259 e. The second-order valence-corrected chi connectivity index (χ2v) is 6.13. The summed E-state index contributed by atoms with van der Waals surface area (Å²) in [6, 6.07) is -0.0394. The lowest BCUT2D eigenvalue weighted by atomic mass is 10.0. The molecule has 22 heavy (non-hydrogen) atoms. The summed E-state index contributed by atoms with van der Waals surface area (Å²) in [6.07, 6.45) is 1.84. The first kappa shape index (κ1) is 15.1. The Morgan fingerprint density at radius 1 is 1.32 bits per heavy atom. The summed E-state index contributed by atoms with van der Waals surface area (Å²) in [5.41, 5.74) is 3.00. The third-order valence-corrected chi connectivity index (χ3v) is 4.74. The third kappa shape index (κ3) is 2.22. The van der Waals surface area contributed by atoms with Gasteiger partial charge in [0.1, 0.15) is 16.5 Å². The number of aryl methyl sites for hydroxylation is 4. The molecule has 2 aromatic rings. The van der Waals surface area contributed by atoms with E-state index in [1.54, 1.807) is 18.5 Å². The van der Waals surface area contributed by atoms with Crippen LogP contribution in [0.4, 0.5) is 0 Å². The molecule has 1 fully saturated rings. The minimum atomic E-state index is -0.0435. The summed E-state index contributed by atoms with van der Waals surface area (Å²) < 4.78 is 6.78. The molecule has 1 aliphatic heterocycles. The number of carbonyl (C=O) groups excluding carboxylic acids is 1. The molecule has 0 aromatic carbocycles. The number of carbonyl (C=O) groups is 1. The van der Waals surface area contributed by atoms with Crippen molar-refractivity contribution in [3.8, 4) is 0 Å². The van der Waals surface area contributed by atoms with E-state index in [0.717, 1.165) is 24.1 Å². The molecule has 118 valence electrons. The number of amides is 1. The molecular weight excluding hydrogens is 304 g/mol. The Kier molecular flexibility index (Phi) is 3.72. The molecular formula is C15H19ClN4O2. The van der Waals surface area contributed by atoms with E-state index in [0.29, 0.717) is 28.7 Å². The van der Waals surface area contributed by atoms with Gasteiger partial charge in [0.15, 0.2) is 0 Å². The van der Waals surface area contributed by atoms with E-state index in [4.69, 9.17) is 16.1 Å². The van der Waals surface area contributed by atoms with E-state index < -0.39 is 0 Å². The van der Waals surface area contributed by atoms with Crippen molar-refractivity contribution >= 4 is 17.5 Å². The molecule has 1 atom stereocenters. The van der Waals surface area contributed by atoms with Gasteiger partial charge >= 0.3 is 0 Å². The topological polar surface area (TPSA) is 64.2 Å². The zero-order chi connectivity index (χ0) is 16.0. The van der Waals surface area contributed by atoms with E-state index in [2.05, 4.69) is 10.3 Å². The average molecular weight is 323 g/mol. The maximum absolute atomic E-state index is 12.9. The molecule has 3 rings (SSSR count). The highest BCUT2D eigenvalue weighted by molar-refractivity contribution is 6.30. The Morgan fingerprint density at radius 2 is 2.05 bits per heavy atom. The van der Waals surface area contributed by atoms with E-state index in [1.807, 2.05) is 18.9 Å². The number of nitrogens with zero attached hydrogens (tertiary/aromatic N) is 4. The van der Waals surface area contributed by atoms with Crippen LogP contribution in [-0.4, -0.2) is 32.3 Å². The molecule has 0 spiro atoms. The van der Waals surface area contributed by atoms with Crippen molar-refractivity contribution < 1.29 is 9.32 Å². The standard InChI is InChI=1S/C15H19ClN4O2/c1-8-13(14(16)19(4)17-8)11-6-5-7-20(11)15(21)12-9(2)18-22-10(12)3/h11H,5-7H2,1-4H3/t11-/m1/s1. The van der Waals surface area contributed by atoms with Crippen molar-refractivity contribution in [1.82, 2.24) is 19.8 Å². The van der Waals surface area contributed by atoms with Gasteiger partial charge in [-0.15, -0.1) is 0 Å². The second kappa shape index (κ2) is 5.43. The summed E-state index contributed by atoms with van der Waals surface area (Å²) in [6.45, 7) is 6.19. The zero-order valence-corrected chi connectivity index (χ0v) is 13.9. The lowest BCUT2D eigenvalue weighted by Crippen LogP contribution is -2.31. The summed E-state index contributed by atoms with van der Waals surface area (Å²) >= 11 is 6.38. The van der Waals surface area contributed by atoms with Gasteiger partial charge in [0, 0.05) is 19.2 Å². The molecule has 0 saturated carbocycles. The van der Waals surface area contributed by atoms with Crippen molar-refractivity contribution in [3.05, 3.63) is 33.4 Å². The second-order valence-electron chi connectivity index (χ2n) is 5.77. The summed E-state index contributed by atoms with van der Waals surface area (Å²) in [5, 5.41) is 8.84. The fourth-order valence-electron chi connectivity index (χ4n) is 3.27. The molecule has 0 radical (unpaired) electrons. The highest BCUT2D eigenvalue weighted by Crippen LogP contribution is 2.38. The summed E-state index contributed by atoms with van der Waals surface area (Å²) in [4.78, 5) is 14.8. The van der Waals surface area contributed by atoms with Crippen LogP contribution < -0.4 is 0 Å². The van der Waals surface area contributed by atoms with Crippen LogP contribution in [-0.2, 0) is 7.05 Å². The number of rotatable bonds is 2. The lowest BCUT2D eigenvalue weighted by molar-refractivity contribution is 0.0733. The first-order valence-electron chi connectivity index (χ1n) is 7.34. The fraction of sp³-hybridized carbons (Fsp3) is 0.533. The molecule has 2 aromatic heterocycles. The monoisotopic (exact) mass is 322 g/mol. The number of hydrogen-bond donors (Lipinski definition) is 0. The molecule has 6 nitrogen and oxygen atoms in total. The van der Waals surface area contributed by atoms with Crippen LogP contribution in [0.25, 0.3) is 0 Å². The smallest absolute Gasteiger partial charge is 0.259 e. The normalized spacial score (nSPS) is 18.2. The van der Waals surface area contributed by atoms with Crippen molar-refractivity contribution in [1.29, 1.82) is 0 Å². The Morgan fingerprint density at radius 3 is 2.59 bits per heavy atom. The molecule has 0 bridgehead atoms. The van der Waals surface area contributed by atoms with Crippen molar-refractivity contribution in [2.24, 2.45) is 7.05 Å². The Bertz CT molecular complexity index is 715. The highest BCUT2D eigenvalue weighted by atomic mass is 35.5. The zero-order valence-electron chi connectivity index (χ0n) is 13.2. The van der Waals surface area contributed by atoms with Gasteiger partial charge in [-0.3, -0.25) is 9.48 Å². The molecule has 7 heteroatoms. The van der Waals surface area contributed by atoms with Crippen molar-refractivity contribution in [3.63, 3.8) is 0 Å². The first-order chi connectivity index (χ1) is 10.4. The molecule has 0 N–H and O–H groups in total. The average Bonchev–Trinajstić information content (AvgIpc) is 3.11. The van der Waals surface area contributed by atoms with Gasteiger partial charge in [0.2, 0.25) is 0 Å². The molecule has 0 unspecified atom stereocenters. The van der Waals surface area contributed by atoms with Crippen molar-refractivity contribution in [2.75, 3.05) is 6.54 Å². The van der Waals surface area contributed by atoms with E-state index in [-0.39, 0.29) is 11.9 Å².